The topological polar surface area (TPSA) is 67.0 Å². The third kappa shape index (κ3) is 4.43. The lowest BCUT2D eigenvalue weighted by Gasteiger charge is -2.14. The van der Waals surface area contributed by atoms with Crippen molar-refractivity contribution in [2.45, 2.75) is 32.7 Å². The zero-order chi connectivity index (χ0) is 15.9. The number of carbonyl (C=O) groups is 1. The van der Waals surface area contributed by atoms with Gasteiger partial charge in [-0.3, -0.25) is 9.89 Å². The number of rotatable bonds is 7. The Morgan fingerprint density at radius 2 is 2.32 bits per heavy atom. The number of benzene rings is 1. The van der Waals surface area contributed by atoms with E-state index in [1.54, 1.807) is 7.11 Å². The minimum atomic E-state index is 0.0140. The van der Waals surface area contributed by atoms with Gasteiger partial charge in [0, 0.05) is 31.3 Å². The van der Waals surface area contributed by atoms with Gasteiger partial charge in [-0.15, -0.1) is 0 Å². The number of aromatic nitrogens is 2. The molecule has 1 amide bonds. The number of carbonyl (C=O) groups excluding carboxylic acids is 1. The number of hydrogen-bond donors (Lipinski definition) is 2. The Balaban J connectivity index is 1.98. The van der Waals surface area contributed by atoms with Gasteiger partial charge in [-0.2, -0.15) is 5.10 Å². The van der Waals surface area contributed by atoms with Crippen molar-refractivity contribution in [2.75, 3.05) is 13.7 Å². The number of aryl methyl sites for hydroxylation is 1. The van der Waals surface area contributed by atoms with Crippen molar-refractivity contribution in [3.8, 4) is 11.1 Å². The van der Waals surface area contributed by atoms with E-state index in [0.29, 0.717) is 13.0 Å². The van der Waals surface area contributed by atoms with E-state index in [2.05, 4.69) is 27.6 Å². The maximum Gasteiger partial charge on any atom is 0.222 e. The minimum absolute atomic E-state index is 0.0140. The molecule has 5 nitrogen and oxygen atoms in total. The molecule has 22 heavy (non-hydrogen) atoms. The number of aromatic amines is 1. The molecule has 2 N–H and O–H groups in total. The van der Waals surface area contributed by atoms with Crippen molar-refractivity contribution in [2.24, 2.45) is 0 Å². The molecule has 117 valence electrons. The van der Waals surface area contributed by atoms with Gasteiger partial charge in [0.1, 0.15) is 0 Å². The van der Waals surface area contributed by atoms with Crippen LogP contribution in [-0.2, 0) is 16.0 Å². The Hall–Kier alpha value is -2.14. The molecule has 0 bridgehead atoms. The van der Waals surface area contributed by atoms with Crippen molar-refractivity contribution in [3.05, 3.63) is 41.7 Å². The quantitative estimate of drug-likeness (QED) is 0.824. The van der Waals surface area contributed by atoms with Crippen LogP contribution in [0.5, 0.6) is 0 Å². The molecule has 1 radical (unpaired) electrons. The zero-order valence-corrected chi connectivity index (χ0v) is 13.3. The van der Waals surface area contributed by atoms with Crippen molar-refractivity contribution >= 4 is 5.91 Å². The molecule has 5 heteroatoms. The second-order valence-electron chi connectivity index (χ2n) is 5.43. The molecular weight excluding hydrogens is 278 g/mol. The van der Waals surface area contributed by atoms with Crippen LogP contribution in [0.25, 0.3) is 11.1 Å². The van der Waals surface area contributed by atoms with Crippen LogP contribution in [-0.4, -0.2) is 35.9 Å². The summed E-state index contributed by atoms with van der Waals surface area (Å²) in [6.45, 7) is 4.42. The van der Waals surface area contributed by atoms with Crippen LogP contribution in [0.3, 0.4) is 0 Å². The Morgan fingerprint density at radius 3 is 3.00 bits per heavy atom. The molecular formula is C17H22N3O2. The number of methoxy groups -OCH3 is 1. The summed E-state index contributed by atoms with van der Waals surface area (Å²) in [4.78, 5) is 11.7. The van der Waals surface area contributed by atoms with Gasteiger partial charge in [-0.1, -0.05) is 12.1 Å². The summed E-state index contributed by atoms with van der Waals surface area (Å²) < 4.78 is 4.91. The van der Waals surface area contributed by atoms with E-state index in [4.69, 9.17) is 4.74 Å². The van der Waals surface area contributed by atoms with Gasteiger partial charge >= 0.3 is 0 Å². The van der Waals surface area contributed by atoms with E-state index in [-0.39, 0.29) is 11.9 Å². The molecule has 1 aromatic heterocycles. The lowest BCUT2D eigenvalue weighted by molar-refractivity contribution is -0.122. The van der Waals surface area contributed by atoms with Crippen molar-refractivity contribution < 1.29 is 9.53 Å². The van der Waals surface area contributed by atoms with Crippen molar-refractivity contribution in [3.63, 3.8) is 0 Å². The monoisotopic (exact) mass is 300 g/mol. The summed E-state index contributed by atoms with van der Waals surface area (Å²) in [5.41, 5.74) is 4.26. The van der Waals surface area contributed by atoms with E-state index in [9.17, 15) is 4.79 Å². The molecule has 1 aromatic carbocycles. The Labute approximate surface area is 131 Å². The fraction of sp³-hybridized carbons (Fsp3) is 0.412. The smallest absolute Gasteiger partial charge is 0.222 e. The molecule has 0 aliphatic rings. The van der Waals surface area contributed by atoms with Gasteiger partial charge < -0.3 is 10.1 Å². The number of hydrogen-bond acceptors (Lipinski definition) is 3. The summed E-state index contributed by atoms with van der Waals surface area (Å²) in [5, 5.41) is 9.99. The summed E-state index contributed by atoms with van der Waals surface area (Å²) in [7, 11) is 1.59. The third-order valence-corrected chi connectivity index (χ3v) is 3.47. The molecule has 1 heterocycles. The van der Waals surface area contributed by atoms with Crippen molar-refractivity contribution in [1.82, 2.24) is 15.5 Å². The first-order valence-electron chi connectivity index (χ1n) is 7.39. The first-order chi connectivity index (χ1) is 10.6. The first-order valence-corrected chi connectivity index (χ1v) is 7.39. The number of H-pyrrole nitrogens is 1. The van der Waals surface area contributed by atoms with E-state index < -0.39 is 0 Å². The van der Waals surface area contributed by atoms with E-state index in [0.717, 1.165) is 28.8 Å². The van der Waals surface area contributed by atoms with E-state index in [1.165, 1.54) is 0 Å². The Bertz CT molecular complexity index is 622. The molecule has 0 aliphatic heterocycles. The summed E-state index contributed by atoms with van der Waals surface area (Å²) in [5.74, 6) is 0.0140. The predicted octanol–water partition coefficient (Wildman–Crippen LogP) is 2.27. The summed E-state index contributed by atoms with van der Waals surface area (Å²) >= 11 is 0. The Morgan fingerprint density at radius 1 is 1.50 bits per heavy atom. The summed E-state index contributed by atoms with van der Waals surface area (Å²) in [6, 6.07) is 9.25. The van der Waals surface area contributed by atoms with Gasteiger partial charge in [-0.05, 0) is 43.5 Å². The lowest BCUT2D eigenvalue weighted by atomic mass is 10.0. The molecule has 1 atom stereocenters. The highest BCUT2D eigenvalue weighted by Crippen LogP contribution is 2.22. The van der Waals surface area contributed by atoms with Crippen molar-refractivity contribution in [1.29, 1.82) is 0 Å². The molecule has 0 aliphatic carbocycles. The van der Waals surface area contributed by atoms with Crippen LogP contribution in [0.1, 0.15) is 24.6 Å². The molecule has 0 fully saturated rings. The van der Waals surface area contributed by atoms with Crippen LogP contribution in [0.2, 0.25) is 0 Å². The predicted molar refractivity (Wildman–Crippen MR) is 85.4 cm³/mol. The number of nitrogens with one attached hydrogen (secondary N) is 2. The third-order valence-electron chi connectivity index (χ3n) is 3.47. The van der Waals surface area contributed by atoms with Crippen LogP contribution >= 0.6 is 0 Å². The number of ether oxygens (including phenoxy) is 1. The normalized spacial score (nSPS) is 12.1. The van der Waals surface area contributed by atoms with E-state index in [1.807, 2.05) is 32.2 Å². The molecule has 0 spiro atoms. The zero-order valence-electron chi connectivity index (χ0n) is 13.3. The lowest BCUT2D eigenvalue weighted by Crippen LogP contribution is -2.34. The number of nitrogens with zero attached hydrogens (tertiary/aromatic N) is 1. The largest absolute Gasteiger partial charge is 0.384 e. The van der Waals surface area contributed by atoms with Crippen LogP contribution in [0, 0.1) is 13.0 Å². The second kappa shape index (κ2) is 7.75. The van der Waals surface area contributed by atoms with Gasteiger partial charge in [0.15, 0.2) is 0 Å². The maximum atomic E-state index is 11.7. The fourth-order valence-corrected chi connectivity index (χ4v) is 2.39. The number of amides is 1. The van der Waals surface area contributed by atoms with Gasteiger partial charge in [0.2, 0.25) is 5.91 Å². The second-order valence-corrected chi connectivity index (χ2v) is 5.43. The van der Waals surface area contributed by atoms with Gasteiger partial charge in [0.05, 0.1) is 12.3 Å². The molecule has 0 unspecified atom stereocenters. The highest BCUT2D eigenvalue weighted by atomic mass is 16.5. The van der Waals surface area contributed by atoms with Crippen LogP contribution < -0.4 is 5.32 Å². The average molecular weight is 300 g/mol. The van der Waals surface area contributed by atoms with Gasteiger partial charge in [-0.25, -0.2) is 0 Å². The molecule has 0 saturated heterocycles. The van der Waals surface area contributed by atoms with E-state index >= 15 is 0 Å². The highest BCUT2D eigenvalue weighted by Gasteiger charge is 2.10. The molecule has 0 saturated carbocycles. The average Bonchev–Trinajstić information content (AvgIpc) is 2.91. The summed E-state index contributed by atoms with van der Waals surface area (Å²) in [6.07, 6.45) is 3.04. The fourth-order valence-electron chi connectivity index (χ4n) is 2.39. The van der Waals surface area contributed by atoms with Crippen LogP contribution in [0.15, 0.2) is 24.4 Å². The standard InChI is InChI=1S/C17H22N3O2/c1-12(19-17(21)7-8-22-3)9-14-5-4-6-15(10-14)16-11-18-20-13(16)2/h5-6,10-12H,7-9H2,1-3H3,(H,18,20)(H,19,21)/t12-/m1/s1. The molecule has 2 rings (SSSR count). The highest BCUT2D eigenvalue weighted by molar-refractivity contribution is 5.76. The maximum absolute atomic E-state index is 11.7. The van der Waals surface area contributed by atoms with Crippen LogP contribution in [0.4, 0.5) is 0 Å². The Kier molecular flexibility index (Phi) is 5.72. The van der Waals surface area contributed by atoms with Gasteiger partial charge in [0.25, 0.3) is 0 Å². The minimum Gasteiger partial charge on any atom is -0.384 e. The molecule has 2 aromatic rings. The SMILES string of the molecule is COCCC(=O)N[C@H](C)Cc1c[c]cc(-c2c[nH]nc2C)c1. The first kappa shape index (κ1) is 16.2.